The van der Waals surface area contributed by atoms with Crippen LogP contribution in [-0.2, 0) is 9.59 Å². The molecule has 0 aliphatic rings. The highest BCUT2D eigenvalue weighted by Crippen LogP contribution is 2.11. The van der Waals surface area contributed by atoms with E-state index < -0.39 is 0 Å². The maximum atomic E-state index is 12.0. The second-order valence-electron chi connectivity index (χ2n) is 4.96. The van der Waals surface area contributed by atoms with Crippen LogP contribution < -0.4 is 11.1 Å². The van der Waals surface area contributed by atoms with Crippen molar-refractivity contribution in [2.24, 2.45) is 11.7 Å². The lowest BCUT2D eigenvalue weighted by molar-refractivity contribution is -0.137. The summed E-state index contributed by atoms with van der Waals surface area (Å²) in [6, 6.07) is 0.181. The maximum absolute atomic E-state index is 12.0. The molecule has 0 aromatic rings. The molecule has 0 fully saturated rings. The molecule has 2 amide bonds. The lowest BCUT2D eigenvalue weighted by Gasteiger charge is -2.21. The van der Waals surface area contributed by atoms with E-state index in [0.717, 1.165) is 19.3 Å². The van der Waals surface area contributed by atoms with Gasteiger partial charge in [0.25, 0.3) is 0 Å². The molecule has 0 aromatic heterocycles. The van der Waals surface area contributed by atoms with Gasteiger partial charge in [0.05, 0.1) is 6.54 Å². The van der Waals surface area contributed by atoms with Crippen molar-refractivity contribution in [2.45, 2.75) is 46.1 Å². The number of likely N-dealkylation sites (N-methyl/N-ethyl adjacent to an activating group) is 2. The van der Waals surface area contributed by atoms with Crippen LogP contribution in [0.1, 0.15) is 40.0 Å². The third-order valence-corrected chi connectivity index (χ3v) is 2.85. The second kappa shape index (κ2) is 8.91. The summed E-state index contributed by atoms with van der Waals surface area (Å²) in [5.41, 5.74) is 5.67. The van der Waals surface area contributed by atoms with Crippen LogP contribution in [0.4, 0.5) is 0 Å². The number of rotatable bonds is 8. The molecule has 0 saturated heterocycles. The van der Waals surface area contributed by atoms with Crippen LogP contribution in [0, 0.1) is 5.92 Å². The van der Waals surface area contributed by atoms with E-state index in [1.807, 2.05) is 20.8 Å². The number of hydrogen-bond acceptors (Lipinski definition) is 3. The molecule has 0 aromatic carbocycles. The van der Waals surface area contributed by atoms with Gasteiger partial charge in [-0.15, -0.1) is 0 Å². The summed E-state index contributed by atoms with van der Waals surface area (Å²) < 4.78 is 0. The number of amides is 2. The second-order valence-corrected chi connectivity index (χ2v) is 4.96. The van der Waals surface area contributed by atoms with Crippen molar-refractivity contribution < 1.29 is 9.59 Å². The monoisotopic (exact) mass is 257 g/mol. The number of nitrogens with zero attached hydrogens (tertiary/aromatic N) is 1. The average molecular weight is 257 g/mol. The Bertz CT molecular complexity index is 267. The van der Waals surface area contributed by atoms with E-state index in [2.05, 4.69) is 5.32 Å². The molecule has 106 valence electrons. The van der Waals surface area contributed by atoms with Crippen molar-refractivity contribution in [3.63, 3.8) is 0 Å². The molecular formula is C13H27N3O2. The first-order valence-corrected chi connectivity index (χ1v) is 6.65. The number of nitrogens with one attached hydrogen (secondary N) is 1. The molecule has 0 heterocycles. The Morgan fingerprint density at radius 2 is 1.89 bits per heavy atom. The predicted octanol–water partition coefficient (Wildman–Crippen LogP) is 0.735. The van der Waals surface area contributed by atoms with Crippen LogP contribution in [0.15, 0.2) is 0 Å². The maximum Gasteiger partial charge on any atom is 0.239 e. The van der Waals surface area contributed by atoms with Gasteiger partial charge in [0.15, 0.2) is 0 Å². The molecule has 18 heavy (non-hydrogen) atoms. The minimum absolute atomic E-state index is 0.0194. The first-order valence-electron chi connectivity index (χ1n) is 6.65. The normalized spacial score (nSPS) is 13.8. The van der Waals surface area contributed by atoms with Crippen molar-refractivity contribution in [1.29, 1.82) is 0 Å². The van der Waals surface area contributed by atoms with E-state index in [4.69, 9.17) is 5.73 Å². The van der Waals surface area contributed by atoms with Gasteiger partial charge in [0.1, 0.15) is 0 Å². The van der Waals surface area contributed by atoms with Gasteiger partial charge >= 0.3 is 0 Å². The van der Waals surface area contributed by atoms with Crippen LogP contribution in [0.25, 0.3) is 0 Å². The summed E-state index contributed by atoms with van der Waals surface area (Å²) in [6.07, 6.45) is 2.69. The third-order valence-electron chi connectivity index (χ3n) is 2.85. The molecule has 0 bridgehead atoms. The minimum atomic E-state index is -0.115. The van der Waals surface area contributed by atoms with Crippen LogP contribution >= 0.6 is 0 Å². The zero-order valence-corrected chi connectivity index (χ0v) is 12.0. The van der Waals surface area contributed by atoms with Gasteiger partial charge in [0.2, 0.25) is 11.8 Å². The Hall–Kier alpha value is -1.10. The van der Waals surface area contributed by atoms with Crippen LogP contribution in [0.3, 0.4) is 0 Å². The summed E-state index contributed by atoms with van der Waals surface area (Å²) >= 11 is 0. The lowest BCUT2D eigenvalue weighted by atomic mass is 10.0. The predicted molar refractivity (Wildman–Crippen MR) is 73.0 cm³/mol. The summed E-state index contributed by atoms with van der Waals surface area (Å²) in [5.74, 6) is -0.148. The summed E-state index contributed by atoms with van der Waals surface area (Å²) in [7, 11) is 1.67. The first kappa shape index (κ1) is 16.9. The molecule has 0 saturated carbocycles. The van der Waals surface area contributed by atoms with E-state index in [1.165, 1.54) is 4.90 Å². The lowest BCUT2D eigenvalue weighted by Crippen LogP contribution is -2.40. The van der Waals surface area contributed by atoms with E-state index in [0.29, 0.717) is 6.54 Å². The van der Waals surface area contributed by atoms with Crippen molar-refractivity contribution in [3.8, 4) is 0 Å². The molecule has 5 heteroatoms. The SMILES string of the molecule is CCNC(=O)CN(C)C(=O)C(C)CCCC(C)N. The topological polar surface area (TPSA) is 75.4 Å². The van der Waals surface area contributed by atoms with E-state index in [1.54, 1.807) is 7.05 Å². The van der Waals surface area contributed by atoms with Gasteiger partial charge in [-0.05, 0) is 26.7 Å². The Morgan fingerprint density at radius 3 is 2.39 bits per heavy atom. The minimum Gasteiger partial charge on any atom is -0.355 e. The third kappa shape index (κ3) is 7.27. The number of carbonyl (C=O) groups excluding carboxylic acids is 2. The molecule has 3 N–H and O–H groups in total. The van der Waals surface area contributed by atoms with Gasteiger partial charge in [0, 0.05) is 25.6 Å². The molecule has 5 nitrogen and oxygen atoms in total. The van der Waals surface area contributed by atoms with Gasteiger partial charge in [-0.1, -0.05) is 13.3 Å². The van der Waals surface area contributed by atoms with Gasteiger partial charge in [-0.25, -0.2) is 0 Å². The highest BCUT2D eigenvalue weighted by Gasteiger charge is 2.18. The Balaban J connectivity index is 4.00. The molecular weight excluding hydrogens is 230 g/mol. The fourth-order valence-corrected chi connectivity index (χ4v) is 1.79. The fraction of sp³-hybridized carbons (Fsp3) is 0.846. The zero-order chi connectivity index (χ0) is 14.1. The first-order chi connectivity index (χ1) is 8.38. The number of hydrogen-bond donors (Lipinski definition) is 2. The molecule has 2 atom stereocenters. The summed E-state index contributed by atoms with van der Waals surface area (Å²) in [4.78, 5) is 24.8. The fourth-order valence-electron chi connectivity index (χ4n) is 1.79. The van der Waals surface area contributed by atoms with Crippen molar-refractivity contribution in [1.82, 2.24) is 10.2 Å². The van der Waals surface area contributed by atoms with E-state index >= 15 is 0 Å². The molecule has 0 aliphatic carbocycles. The highest BCUT2D eigenvalue weighted by atomic mass is 16.2. The number of carbonyl (C=O) groups is 2. The van der Waals surface area contributed by atoms with Crippen LogP contribution in [0.5, 0.6) is 0 Å². The summed E-state index contributed by atoms with van der Waals surface area (Å²) in [5, 5.41) is 2.68. The molecule has 0 aliphatic heterocycles. The molecule has 0 rings (SSSR count). The largest absolute Gasteiger partial charge is 0.355 e. The standard InChI is InChI=1S/C13H27N3O2/c1-5-15-12(17)9-16(4)13(18)10(2)7-6-8-11(3)14/h10-11H,5-9,14H2,1-4H3,(H,15,17). The van der Waals surface area contributed by atoms with Crippen LogP contribution in [0.2, 0.25) is 0 Å². The Morgan fingerprint density at radius 1 is 1.28 bits per heavy atom. The molecule has 0 radical (unpaired) electrons. The molecule has 0 spiro atoms. The zero-order valence-electron chi connectivity index (χ0n) is 12.0. The van der Waals surface area contributed by atoms with Crippen molar-refractivity contribution >= 4 is 11.8 Å². The van der Waals surface area contributed by atoms with Crippen molar-refractivity contribution in [2.75, 3.05) is 20.1 Å². The van der Waals surface area contributed by atoms with Crippen molar-refractivity contribution in [3.05, 3.63) is 0 Å². The Labute approximate surface area is 110 Å². The van der Waals surface area contributed by atoms with Gasteiger partial charge in [-0.3, -0.25) is 9.59 Å². The number of nitrogens with two attached hydrogens (primary N) is 1. The molecule has 2 unspecified atom stereocenters. The smallest absolute Gasteiger partial charge is 0.239 e. The Kier molecular flexibility index (Phi) is 8.37. The highest BCUT2D eigenvalue weighted by molar-refractivity contribution is 5.85. The average Bonchev–Trinajstić information content (AvgIpc) is 2.27. The van der Waals surface area contributed by atoms with Crippen LogP contribution in [-0.4, -0.2) is 42.9 Å². The quantitative estimate of drug-likeness (QED) is 0.673. The van der Waals surface area contributed by atoms with Gasteiger partial charge < -0.3 is 16.0 Å². The van der Waals surface area contributed by atoms with Gasteiger partial charge in [-0.2, -0.15) is 0 Å². The summed E-state index contributed by atoms with van der Waals surface area (Å²) in [6.45, 7) is 6.44. The van der Waals surface area contributed by atoms with E-state index in [-0.39, 0.29) is 30.3 Å². The van der Waals surface area contributed by atoms with E-state index in [9.17, 15) is 9.59 Å².